The number of rotatable bonds is 3. The van der Waals surface area contributed by atoms with Crippen molar-refractivity contribution >= 4 is 5.97 Å². The molecule has 3 nitrogen and oxygen atoms in total. The second-order valence-electron chi connectivity index (χ2n) is 2.96. The summed E-state index contributed by atoms with van der Waals surface area (Å²) in [5.41, 5.74) is 1.65. The molecule has 0 saturated heterocycles. The van der Waals surface area contributed by atoms with E-state index in [9.17, 15) is 9.18 Å². The number of aromatic nitrogens is 1. The molecular weight excluding hydrogens is 173 g/mol. The van der Waals surface area contributed by atoms with E-state index in [1.807, 2.05) is 0 Å². The van der Waals surface area contributed by atoms with Gasteiger partial charge in [0, 0.05) is 5.69 Å². The maximum atomic E-state index is 12.1. The Morgan fingerprint density at radius 2 is 2.23 bits per heavy atom. The highest BCUT2D eigenvalue weighted by molar-refractivity contribution is 5.87. The van der Waals surface area contributed by atoms with Crippen LogP contribution in [0.5, 0.6) is 0 Å². The van der Waals surface area contributed by atoms with Crippen LogP contribution in [0.2, 0.25) is 0 Å². The highest BCUT2D eigenvalue weighted by atomic mass is 19.1. The monoisotopic (exact) mass is 185 g/mol. The molecule has 0 amide bonds. The van der Waals surface area contributed by atoms with Crippen molar-refractivity contribution in [2.45, 2.75) is 20.4 Å². The minimum absolute atomic E-state index is 0.112. The fraction of sp³-hybridized carbons (Fsp3) is 0.444. The van der Waals surface area contributed by atoms with Gasteiger partial charge in [0.1, 0.15) is 12.4 Å². The van der Waals surface area contributed by atoms with Crippen molar-refractivity contribution in [3.63, 3.8) is 0 Å². The van der Waals surface area contributed by atoms with Crippen molar-refractivity contribution in [3.8, 4) is 0 Å². The first-order chi connectivity index (χ1) is 6.07. The van der Waals surface area contributed by atoms with Crippen LogP contribution in [0.3, 0.4) is 0 Å². The molecule has 1 rings (SSSR count). The van der Waals surface area contributed by atoms with E-state index in [4.69, 9.17) is 5.11 Å². The normalized spacial score (nSPS) is 10.4. The van der Waals surface area contributed by atoms with Crippen LogP contribution >= 0.6 is 0 Å². The molecule has 1 heterocycles. The van der Waals surface area contributed by atoms with Crippen molar-refractivity contribution in [2.24, 2.45) is 0 Å². The summed E-state index contributed by atoms with van der Waals surface area (Å²) < 4.78 is 13.6. The Hall–Kier alpha value is -1.32. The van der Waals surface area contributed by atoms with E-state index >= 15 is 0 Å². The average molecular weight is 185 g/mol. The molecular formula is C9H12FNO2. The molecule has 0 saturated carbocycles. The van der Waals surface area contributed by atoms with Crippen LogP contribution in [-0.4, -0.2) is 22.3 Å². The SMILES string of the molecule is Cc1cc(C)n(CCF)c1C(=O)O. The molecule has 0 unspecified atom stereocenters. The molecule has 0 bridgehead atoms. The van der Waals surface area contributed by atoms with E-state index in [0.717, 1.165) is 5.69 Å². The molecule has 0 aliphatic heterocycles. The molecule has 0 spiro atoms. The lowest BCUT2D eigenvalue weighted by Gasteiger charge is -2.05. The first-order valence-electron chi connectivity index (χ1n) is 4.04. The van der Waals surface area contributed by atoms with Crippen LogP contribution in [0, 0.1) is 13.8 Å². The van der Waals surface area contributed by atoms with Gasteiger partial charge in [0.25, 0.3) is 0 Å². The molecule has 0 aromatic carbocycles. The maximum Gasteiger partial charge on any atom is 0.352 e. The summed E-state index contributed by atoms with van der Waals surface area (Å²) in [4.78, 5) is 10.8. The van der Waals surface area contributed by atoms with Gasteiger partial charge in [0.05, 0.1) is 6.54 Å². The number of nitrogens with zero attached hydrogens (tertiary/aromatic N) is 1. The van der Waals surface area contributed by atoms with Gasteiger partial charge in [-0.2, -0.15) is 0 Å². The van der Waals surface area contributed by atoms with E-state index in [1.165, 1.54) is 4.57 Å². The third-order valence-corrected chi connectivity index (χ3v) is 2.01. The van der Waals surface area contributed by atoms with Gasteiger partial charge < -0.3 is 9.67 Å². The van der Waals surface area contributed by atoms with Crippen LogP contribution in [0.25, 0.3) is 0 Å². The van der Waals surface area contributed by atoms with Crippen LogP contribution in [0.4, 0.5) is 4.39 Å². The topological polar surface area (TPSA) is 42.2 Å². The Balaban J connectivity index is 3.20. The van der Waals surface area contributed by atoms with Crippen molar-refractivity contribution < 1.29 is 14.3 Å². The number of hydrogen-bond acceptors (Lipinski definition) is 1. The minimum Gasteiger partial charge on any atom is -0.477 e. The second kappa shape index (κ2) is 3.60. The van der Waals surface area contributed by atoms with E-state index in [0.29, 0.717) is 5.56 Å². The number of carboxylic acids is 1. The molecule has 72 valence electrons. The van der Waals surface area contributed by atoms with Gasteiger partial charge in [-0.05, 0) is 25.5 Å². The fourth-order valence-electron chi connectivity index (χ4n) is 1.51. The number of carbonyl (C=O) groups is 1. The summed E-state index contributed by atoms with van der Waals surface area (Å²) in [5, 5.41) is 8.84. The summed E-state index contributed by atoms with van der Waals surface area (Å²) in [7, 11) is 0. The Labute approximate surface area is 75.8 Å². The average Bonchev–Trinajstić information content (AvgIpc) is 2.27. The number of hydrogen-bond donors (Lipinski definition) is 1. The lowest BCUT2D eigenvalue weighted by molar-refractivity contribution is 0.0683. The zero-order valence-corrected chi connectivity index (χ0v) is 7.67. The predicted molar refractivity (Wildman–Crippen MR) is 46.8 cm³/mol. The lowest BCUT2D eigenvalue weighted by atomic mass is 10.2. The minimum atomic E-state index is -1.00. The highest BCUT2D eigenvalue weighted by Crippen LogP contribution is 2.14. The number of aromatic carboxylic acids is 1. The molecule has 4 heteroatoms. The number of carboxylic acid groups (broad SMARTS) is 1. The molecule has 1 aromatic rings. The summed E-state index contributed by atoms with van der Waals surface area (Å²) in [6.07, 6.45) is 0. The van der Waals surface area contributed by atoms with Crippen LogP contribution < -0.4 is 0 Å². The second-order valence-corrected chi connectivity index (χ2v) is 2.96. The molecule has 0 aliphatic rings. The van der Waals surface area contributed by atoms with Crippen molar-refractivity contribution in [3.05, 3.63) is 23.0 Å². The Bertz CT molecular complexity index is 331. The molecule has 0 atom stereocenters. The zero-order chi connectivity index (χ0) is 10.0. The Morgan fingerprint density at radius 1 is 1.62 bits per heavy atom. The van der Waals surface area contributed by atoms with Crippen molar-refractivity contribution in [2.75, 3.05) is 6.67 Å². The van der Waals surface area contributed by atoms with Crippen LogP contribution in [0.15, 0.2) is 6.07 Å². The third kappa shape index (κ3) is 1.71. The van der Waals surface area contributed by atoms with Gasteiger partial charge >= 0.3 is 5.97 Å². The first kappa shape index (κ1) is 9.77. The number of halogens is 1. The van der Waals surface area contributed by atoms with Crippen molar-refractivity contribution in [1.29, 1.82) is 0 Å². The fourth-order valence-corrected chi connectivity index (χ4v) is 1.51. The third-order valence-electron chi connectivity index (χ3n) is 2.01. The summed E-state index contributed by atoms with van der Waals surface area (Å²) in [5.74, 6) is -1.00. The summed E-state index contributed by atoms with van der Waals surface area (Å²) in [6, 6.07) is 1.75. The number of alkyl halides is 1. The molecule has 1 aromatic heterocycles. The zero-order valence-electron chi connectivity index (χ0n) is 7.67. The maximum absolute atomic E-state index is 12.1. The number of aryl methyl sites for hydroxylation is 2. The molecule has 0 aliphatic carbocycles. The predicted octanol–water partition coefficient (Wildman–Crippen LogP) is 1.77. The van der Waals surface area contributed by atoms with Gasteiger partial charge in [-0.25, -0.2) is 9.18 Å². The van der Waals surface area contributed by atoms with Crippen LogP contribution in [-0.2, 0) is 6.54 Å². The summed E-state index contributed by atoms with van der Waals surface area (Å²) >= 11 is 0. The van der Waals surface area contributed by atoms with E-state index in [2.05, 4.69) is 0 Å². The standard InChI is InChI=1S/C9H12FNO2/c1-6-5-7(2)11(4-3-10)8(6)9(12)13/h5H,3-4H2,1-2H3,(H,12,13). The lowest BCUT2D eigenvalue weighted by Crippen LogP contribution is -2.11. The molecule has 0 fully saturated rings. The van der Waals surface area contributed by atoms with Gasteiger partial charge in [-0.1, -0.05) is 0 Å². The largest absolute Gasteiger partial charge is 0.477 e. The first-order valence-corrected chi connectivity index (χ1v) is 4.04. The van der Waals surface area contributed by atoms with E-state index < -0.39 is 12.6 Å². The van der Waals surface area contributed by atoms with Gasteiger partial charge in [0.15, 0.2) is 0 Å². The van der Waals surface area contributed by atoms with E-state index in [1.54, 1.807) is 19.9 Å². The molecule has 13 heavy (non-hydrogen) atoms. The Morgan fingerprint density at radius 3 is 2.69 bits per heavy atom. The van der Waals surface area contributed by atoms with Crippen molar-refractivity contribution in [1.82, 2.24) is 4.57 Å². The summed E-state index contributed by atoms with van der Waals surface area (Å²) in [6.45, 7) is 3.05. The van der Waals surface area contributed by atoms with Gasteiger partial charge in [0.2, 0.25) is 0 Å². The van der Waals surface area contributed by atoms with E-state index in [-0.39, 0.29) is 12.2 Å². The quantitative estimate of drug-likeness (QED) is 0.779. The van der Waals surface area contributed by atoms with Gasteiger partial charge in [-0.15, -0.1) is 0 Å². The van der Waals surface area contributed by atoms with Crippen LogP contribution in [0.1, 0.15) is 21.7 Å². The van der Waals surface area contributed by atoms with Gasteiger partial charge in [-0.3, -0.25) is 0 Å². The molecule has 1 N–H and O–H groups in total. The highest BCUT2D eigenvalue weighted by Gasteiger charge is 2.15. The molecule has 0 radical (unpaired) electrons. The smallest absolute Gasteiger partial charge is 0.352 e. The Kier molecular flexibility index (Phi) is 2.70.